The lowest BCUT2D eigenvalue weighted by Crippen LogP contribution is -2.39. The lowest BCUT2D eigenvalue weighted by Gasteiger charge is -2.33. The molecule has 2 aromatic rings. The van der Waals surface area contributed by atoms with Crippen molar-refractivity contribution in [1.82, 2.24) is 9.97 Å². The molecule has 2 rings (SSSR count). The molecule has 5 heteroatoms. The molecule has 0 aliphatic rings. The van der Waals surface area contributed by atoms with Crippen LogP contribution in [0.15, 0.2) is 17.8 Å². The molecule has 2 N–H and O–H groups in total. The van der Waals surface area contributed by atoms with Crippen LogP contribution in [0.5, 0.6) is 0 Å². The van der Waals surface area contributed by atoms with Crippen LogP contribution in [0.3, 0.4) is 0 Å². The van der Waals surface area contributed by atoms with E-state index in [4.69, 9.17) is 0 Å². The number of rotatable bonds is 5. The maximum Gasteiger partial charge on any atom is 0.138 e. The molecule has 0 aliphatic heterocycles. The van der Waals surface area contributed by atoms with Gasteiger partial charge in [-0.1, -0.05) is 27.7 Å². The van der Waals surface area contributed by atoms with Crippen LogP contribution < -0.4 is 5.32 Å². The van der Waals surface area contributed by atoms with Crippen LogP contribution in [0.1, 0.15) is 27.7 Å². The molecule has 0 bridgehead atoms. The monoisotopic (exact) mass is 279 g/mol. The van der Waals surface area contributed by atoms with Gasteiger partial charge >= 0.3 is 0 Å². The maximum atomic E-state index is 10.2. The van der Waals surface area contributed by atoms with Gasteiger partial charge in [-0.25, -0.2) is 9.97 Å². The zero-order chi connectivity index (χ0) is 14.0. The number of thiophene rings is 1. The molecular weight excluding hydrogens is 258 g/mol. The first-order valence-electron chi connectivity index (χ1n) is 6.52. The minimum absolute atomic E-state index is 0.207. The van der Waals surface area contributed by atoms with Gasteiger partial charge in [-0.15, -0.1) is 11.3 Å². The number of hydrogen-bond donors (Lipinski definition) is 2. The fourth-order valence-corrected chi connectivity index (χ4v) is 2.98. The second-order valence-electron chi connectivity index (χ2n) is 5.89. The van der Waals surface area contributed by atoms with Gasteiger partial charge in [0.2, 0.25) is 0 Å². The smallest absolute Gasteiger partial charge is 0.138 e. The van der Waals surface area contributed by atoms with Gasteiger partial charge in [-0.3, -0.25) is 0 Å². The number of aliphatic hydroxyl groups is 1. The van der Waals surface area contributed by atoms with Gasteiger partial charge in [-0.2, -0.15) is 0 Å². The Bertz CT molecular complexity index is 550. The Morgan fingerprint density at radius 1 is 1.37 bits per heavy atom. The number of fused-ring (bicyclic) bond motifs is 1. The fourth-order valence-electron chi connectivity index (χ4n) is 2.25. The van der Waals surface area contributed by atoms with Crippen molar-refractivity contribution in [3.8, 4) is 0 Å². The molecule has 2 heterocycles. The highest BCUT2D eigenvalue weighted by molar-refractivity contribution is 7.16. The van der Waals surface area contributed by atoms with Crippen molar-refractivity contribution in [2.45, 2.75) is 33.8 Å². The molecule has 0 saturated carbocycles. The average molecular weight is 279 g/mol. The highest BCUT2D eigenvalue weighted by Crippen LogP contribution is 2.28. The summed E-state index contributed by atoms with van der Waals surface area (Å²) in [7, 11) is 0. The third kappa shape index (κ3) is 3.04. The predicted molar refractivity (Wildman–Crippen MR) is 80.5 cm³/mol. The summed E-state index contributed by atoms with van der Waals surface area (Å²) < 4.78 is 0. The molecule has 0 radical (unpaired) electrons. The van der Waals surface area contributed by atoms with E-state index < -0.39 is 0 Å². The van der Waals surface area contributed by atoms with Crippen LogP contribution in [0.25, 0.3) is 10.2 Å². The largest absolute Gasteiger partial charge is 0.392 e. The Morgan fingerprint density at radius 2 is 2.11 bits per heavy atom. The predicted octanol–water partition coefficient (Wildman–Crippen LogP) is 3.15. The lowest BCUT2D eigenvalue weighted by atomic mass is 9.81. The van der Waals surface area contributed by atoms with E-state index in [-0.39, 0.29) is 17.4 Å². The second-order valence-corrected chi connectivity index (χ2v) is 6.79. The summed E-state index contributed by atoms with van der Waals surface area (Å²) in [6.45, 7) is 8.88. The first kappa shape index (κ1) is 14.2. The van der Waals surface area contributed by atoms with Gasteiger partial charge in [0.25, 0.3) is 0 Å². The van der Waals surface area contributed by atoms with Crippen molar-refractivity contribution in [3.05, 3.63) is 17.8 Å². The number of nitrogens with one attached hydrogen (secondary N) is 1. The molecule has 0 spiro atoms. The van der Waals surface area contributed by atoms with Crippen molar-refractivity contribution in [3.63, 3.8) is 0 Å². The van der Waals surface area contributed by atoms with Crippen LogP contribution >= 0.6 is 11.3 Å². The van der Waals surface area contributed by atoms with E-state index in [0.717, 1.165) is 16.0 Å². The van der Waals surface area contributed by atoms with Crippen LogP contribution in [0.2, 0.25) is 0 Å². The van der Waals surface area contributed by atoms with E-state index >= 15 is 0 Å². The standard InChI is InChI=1S/C14H21N3OS/c1-9(2)11(18)14(3,4)7-15-12-10-5-6-19-13(10)17-8-16-12/h5-6,8-9,11,18H,7H2,1-4H3,(H,15,16,17). The summed E-state index contributed by atoms with van der Waals surface area (Å²) in [6.07, 6.45) is 1.23. The molecule has 19 heavy (non-hydrogen) atoms. The summed E-state index contributed by atoms with van der Waals surface area (Å²) in [5, 5.41) is 16.6. The number of nitrogens with zero attached hydrogens (tertiary/aromatic N) is 2. The van der Waals surface area contributed by atoms with Gasteiger partial charge in [0.1, 0.15) is 17.0 Å². The maximum absolute atomic E-state index is 10.2. The minimum Gasteiger partial charge on any atom is -0.392 e. The molecule has 2 aromatic heterocycles. The van der Waals surface area contributed by atoms with E-state index in [1.54, 1.807) is 17.7 Å². The van der Waals surface area contributed by atoms with Crippen LogP contribution in [0, 0.1) is 11.3 Å². The minimum atomic E-state index is -0.347. The summed E-state index contributed by atoms with van der Waals surface area (Å²) >= 11 is 1.61. The molecule has 104 valence electrons. The van der Waals surface area contributed by atoms with Crippen molar-refractivity contribution >= 4 is 27.4 Å². The second kappa shape index (κ2) is 5.43. The highest BCUT2D eigenvalue weighted by atomic mass is 32.1. The SMILES string of the molecule is CC(C)C(O)C(C)(C)CNc1ncnc2sccc12. The first-order valence-corrected chi connectivity index (χ1v) is 7.40. The third-order valence-corrected chi connectivity index (χ3v) is 4.23. The van der Waals surface area contributed by atoms with Crippen LogP contribution in [-0.4, -0.2) is 27.7 Å². The van der Waals surface area contributed by atoms with Crippen molar-refractivity contribution < 1.29 is 5.11 Å². The molecule has 0 saturated heterocycles. The summed E-state index contributed by atoms with van der Waals surface area (Å²) in [5.41, 5.74) is -0.207. The number of aromatic nitrogens is 2. The van der Waals surface area contributed by atoms with Gasteiger partial charge in [0, 0.05) is 12.0 Å². The van der Waals surface area contributed by atoms with Crippen molar-refractivity contribution in [2.75, 3.05) is 11.9 Å². The molecule has 1 unspecified atom stereocenters. The summed E-state index contributed by atoms with van der Waals surface area (Å²) in [6, 6.07) is 2.02. The molecule has 0 fully saturated rings. The molecule has 1 atom stereocenters. The normalized spacial score (nSPS) is 14.0. The fraction of sp³-hybridized carbons (Fsp3) is 0.571. The molecular formula is C14H21N3OS. The number of anilines is 1. The van der Waals surface area contributed by atoms with Crippen LogP contribution in [0.4, 0.5) is 5.82 Å². The molecule has 0 aromatic carbocycles. The van der Waals surface area contributed by atoms with E-state index in [1.165, 1.54) is 0 Å². The van der Waals surface area contributed by atoms with Gasteiger partial charge in [0.05, 0.1) is 11.5 Å². The molecule has 0 amide bonds. The van der Waals surface area contributed by atoms with Crippen LogP contribution in [-0.2, 0) is 0 Å². The topological polar surface area (TPSA) is 58.0 Å². The number of hydrogen-bond acceptors (Lipinski definition) is 5. The van der Waals surface area contributed by atoms with E-state index in [1.807, 2.05) is 25.3 Å². The van der Waals surface area contributed by atoms with E-state index in [0.29, 0.717) is 6.54 Å². The lowest BCUT2D eigenvalue weighted by molar-refractivity contribution is 0.0210. The summed E-state index contributed by atoms with van der Waals surface area (Å²) in [4.78, 5) is 9.50. The number of aliphatic hydroxyl groups excluding tert-OH is 1. The first-order chi connectivity index (χ1) is 8.92. The zero-order valence-electron chi connectivity index (χ0n) is 11.8. The van der Waals surface area contributed by atoms with Gasteiger partial charge in [0.15, 0.2) is 0 Å². The Morgan fingerprint density at radius 3 is 2.79 bits per heavy atom. The Labute approximate surface area is 117 Å². The average Bonchev–Trinajstić information content (AvgIpc) is 2.83. The van der Waals surface area contributed by atoms with Crippen molar-refractivity contribution in [1.29, 1.82) is 0 Å². The Balaban J connectivity index is 2.12. The zero-order valence-corrected chi connectivity index (χ0v) is 12.7. The van der Waals surface area contributed by atoms with E-state index in [9.17, 15) is 5.11 Å². The summed E-state index contributed by atoms with van der Waals surface area (Å²) in [5.74, 6) is 1.08. The van der Waals surface area contributed by atoms with Crippen molar-refractivity contribution in [2.24, 2.45) is 11.3 Å². The van der Waals surface area contributed by atoms with Gasteiger partial charge in [-0.05, 0) is 17.4 Å². The molecule has 0 aliphatic carbocycles. The highest BCUT2D eigenvalue weighted by Gasteiger charge is 2.30. The molecule has 4 nitrogen and oxygen atoms in total. The Hall–Kier alpha value is -1.20. The third-order valence-electron chi connectivity index (χ3n) is 3.41. The quantitative estimate of drug-likeness (QED) is 0.882. The van der Waals surface area contributed by atoms with E-state index in [2.05, 4.69) is 29.1 Å². The Kier molecular flexibility index (Phi) is 4.06. The van der Waals surface area contributed by atoms with Gasteiger partial charge < -0.3 is 10.4 Å².